The van der Waals surface area contributed by atoms with Gasteiger partial charge in [0.25, 0.3) is 0 Å². The maximum atomic E-state index is 12.8. The summed E-state index contributed by atoms with van der Waals surface area (Å²) in [6.45, 7) is 5.01. The van der Waals surface area contributed by atoms with Gasteiger partial charge >= 0.3 is 0 Å². The zero-order chi connectivity index (χ0) is 19.0. The molecule has 142 valence electrons. The van der Waals surface area contributed by atoms with Crippen LogP contribution in [0.2, 0.25) is 0 Å². The molecule has 0 radical (unpaired) electrons. The largest absolute Gasteiger partial charge is 0.309 e. The first kappa shape index (κ1) is 18.8. The van der Waals surface area contributed by atoms with Gasteiger partial charge in [-0.2, -0.15) is 4.31 Å². The van der Waals surface area contributed by atoms with Gasteiger partial charge in [-0.3, -0.25) is 4.90 Å². The molecule has 0 amide bonds. The summed E-state index contributed by atoms with van der Waals surface area (Å²) in [5.41, 5.74) is 2.20. The first-order valence-electron chi connectivity index (χ1n) is 8.83. The molecule has 1 saturated heterocycles. The number of sulfonamides is 1. The van der Waals surface area contributed by atoms with E-state index in [2.05, 4.69) is 21.6 Å². The average Bonchev–Trinajstić information content (AvgIpc) is 2.98. The topological polar surface area (TPSA) is 45.6 Å². The minimum atomic E-state index is -3.43. The number of hydrogen-bond acceptors (Lipinski definition) is 5. The van der Waals surface area contributed by atoms with E-state index in [-0.39, 0.29) is 0 Å². The Balaban J connectivity index is 1.46. The normalized spacial score (nSPS) is 16.8. The molecular weight excluding hydrogens is 398 g/mol. The van der Waals surface area contributed by atoms with Crippen LogP contribution < -0.4 is 0 Å². The highest BCUT2D eigenvalue weighted by atomic mass is 32.2. The molecule has 27 heavy (non-hydrogen) atoms. The summed E-state index contributed by atoms with van der Waals surface area (Å²) in [6.07, 6.45) is 0. The molecule has 1 aromatic heterocycles. The zero-order valence-electron chi connectivity index (χ0n) is 15.0. The van der Waals surface area contributed by atoms with Gasteiger partial charge < -0.3 is 4.57 Å². The second-order valence-corrected chi connectivity index (χ2v) is 10.4. The van der Waals surface area contributed by atoms with Crippen LogP contribution in [0.15, 0.2) is 53.4 Å². The Morgan fingerprint density at radius 1 is 1.00 bits per heavy atom. The molecule has 4 rings (SSSR count). The lowest BCUT2D eigenvalue weighted by Gasteiger charge is -2.34. The summed E-state index contributed by atoms with van der Waals surface area (Å²) >= 11 is 7.14. The summed E-state index contributed by atoms with van der Waals surface area (Å²) in [4.78, 5) is 2.63. The van der Waals surface area contributed by atoms with E-state index < -0.39 is 10.0 Å². The van der Waals surface area contributed by atoms with Crippen molar-refractivity contribution in [2.24, 2.45) is 0 Å². The van der Waals surface area contributed by atoms with Crippen molar-refractivity contribution in [2.45, 2.75) is 18.5 Å². The minimum absolute atomic E-state index is 0.368. The van der Waals surface area contributed by atoms with Crippen LogP contribution in [0.4, 0.5) is 0 Å². The molecule has 1 aliphatic heterocycles. The van der Waals surface area contributed by atoms with Crippen molar-refractivity contribution < 1.29 is 8.42 Å². The summed E-state index contributed by atoms with van der Waals surface area (Å²) in [7, 11) is -3.43. The molecule has 2 heterocycles. The van der Waals surface area contributed by atoms with E-state index >= 15 is 0 Å². The van der Waals surface area contributed by atoms with Gasteiger partial charge in [0, 0.05) is 26.2 Å². The van der Waals surface area contributed by atoms with Crippen LogP contribution in [-0.2, 0) is 16.7 Å². The van der Waals surface area contributed by atoms with Gasteiger partial charge in [-0.05, 0) is 43.4 Å². The van der Waals surface area contributed by atoms with Crippen molar-refractivity contribution >= 4 is 43.8 Å². The lowest BCUT2D eigenvalue weighted by Crippen LogP contribution is -2.48. The van der Waals surface area contributed by atoms with Crippen LogP contribution in [0.1, 0.15) is 5.56 Å². The number of thiazole rings is 1. The van der Waals surface area contributed by atoms with Gasteiger partial charge in [-0.25, -0.2) is 8.42 Å². The van der Waals surface area contributed by atoms with Crippen LogP contribution in [0.25, 0.3) is 10.2 Å². The molecule has 1 aliphatic rings. The van der Waals surface area contributed by atoms with Crippen molar-refractivity contribution in [3.05, 3.63) is 58.0 Å². The fraction of sp³-hybridized carbons (Fsp3) is 0.316. The fourth-order valence-corrected chi connectivity index (χ4v) is 6.05. The van der Waals surface area contributed by atoms with Gasteiger partial charge in [-0.15, -0.1) is 11.3 Å². The van der Waals surface area contributed by atoms with E-state index in [0.717, 1.165) is 15.0 Å². The van der Waals surface area contributed by atoms with E-state index in [9.17, 15) is 8.42 Å². The van der Waals surface area contributed by atoms with Gasteiger partial charge in [0.1, 0.15) is 0 Å². The van der Waals surface area contributed by atoms with Crippen LogP contribution in [0.5, 0.6) is 0 Å². The number of nitrogens with zero attached hydrogens (tertiary/aromatic N) is 3. The molecule has 0 saturated carbocycles. The molecule has 5 nitrogen and oxygen atoms in total. The Hall–Kier alpha value is -1.58. The van der Waals surface area contributed by atoms with Crippen LogP contribution in [0.3, 0.4) is 0 Å². The number of benzene rings is 2. The molecule has 3 aromatic rings. The number of fused-ring (bicyclic) bond motifs is 1. The molecule has 0 aliphatic carbocycles. The Labute approximate surface area is 168 Å². The fourth-order valence-electron chi connectivity index (χ4n) is 3.32. The van der Waals surface area contributed by atoms with Crippen molar-refractivity contribution in [1.82, 2.24) is 13.8 Å². The third-order valence-electron chi connectivity index (χ3n) is 4.91. The van der Waals surface area contributed by atoms with Gasteiger partial charge in [0.15, 0.2) is 3.95 Å². The van der Waals surface area contributed by atoms with E-state index in [1.807, 2.05) is 31.2 Å². The predicted molar refractivity (Wildman–Crippen MR) is 112 cm³/mol. The van der Waals surface area contributed by atoms with Gasteiger partial charge in [0.2, 0.25) is 10.0 Å². The maximum Gasteiger partial charge on any atom is 0.243 e. The molecule has 0 spiro atoms. The summed E-state index contributed by atoms with van der Waals surface area (Å²) in [5, 5.41) is 0. The number of hydrogen-bond donors (Lipinski definition) is 0. The average molecular weight is 420 g/mol. The summed E-state index contributed by atoms with van der Waals surface area (Å²) in [6, 6.07) is 15.3. The predicted octanol–water partition coefficient (Wildman–Crippen LogP) is 3.70. The first-order valence-corrected chi connectivity index (χ1v) is 11.5. The molecule has 0 bridgehead atoms. The van der Waals surface area contributed by atoms with E-state index in [1.54, 1.807) is 27.8 Å². The molecule has 0 atom stereocenters. The lowest BCUT2D eigenvalue weighted by atomic mass is 10.2. The van der Waals surface area contributed by atoms with Crippen molar-refractivity contribution in [3.8, 4) is 0 Å². The Kier molecular flexibility index (Phi) is 5.17. The Morgan fingerprint density at radius 2 is 1.67 bits per heavy atom. The quantitative estimate of drug-likeness (QED) is 0.605. The zero-order valence-corrected chi connectivity index (χ0v) is 17.5. The van der Waals surface area contributed by atoms with Crippen LogP contribution >= 0.6 is 23.6 Å². The summed E-state index contributed by atoms with van der Waals surface area (Å²) in [5.74, 6) is 0. The third-order valence-corrected chi connectivity index (χ3v) is 8.25. The Bertz CT molecular complexity index is 1110. The molecule has 2 aromatic carbocycles. The van der Waals surface area contributed by atoms with Crippen molar-refractivity contribution in [3.63, 3.8) is 0 Å². The van der Waals surface area contributed by atoms with Gasteiger partial charge in [-0.1, -0.05) is 29.8 Å². The highest BCUT2D eigenvalue weighted by molar-refractivity contribution is 7.89. The molecule has 0 N–H and O–H groups in total. The third kappa shape index (κ3) is 3.72. The molecular formula is C19H21N3O2S3. The summed E-state index contributed by atoms with van der Waals surface area (Å²) < 4.78 is 31.4. The Morgan fingerprint density at radius 3 is 2.37 bits per heavy atom. The number of aryl methyl sites for hydroxylation is 1. The lowest BCUT2D eigenvalue weighted by molar-refractivity contribution is 0.154. The monoisotopic (exact) mass is 419 g/mol. The highest BCUT2D eigenvalue weighted by Crippen LogP contribution is 2.24. The highest BCUT2D eigenvalue weighted by Gasteiger charge is 2.28. The first-order chi connectivity index (χ1) is 12.9. The van der Waals surface area contributed by atoms with Crippen LogP contribution in [0, 0.1) is 10.9 Å². The minimum Gasteiger partial charge on any atom is -0.309 e. The van der Waals surface area contributed by atoms with Gasteiger partial charge in [0.05, 0.1) is 21.8 Å². The SMILES string of the molecule is Cc1ccc(S(=O)(=O)N2CCN(Cn3c(=S)sc4ccccc43)CC2)cc1. The number of rotatable bonds is 4. The second kappa shape index (κ2) is 7.44. The van der Waals surface area contributed by atoms with E-state index in [1.165, 1.54) is 4.70 Å². The van der Waals surface area contributed by atoms with E-state index in [0.29, 0.717) is 37.7 Å². The number of aromatic nitrogens is 1. The maximum absolute atomic E-state index is 12.8. The molecule has 1 fully saturated rings. The smallest absolute Gasteiger partial charge is 0.243 e. The number of para-hydroxylation sites is 1. The van der Waals surface area contributed by atoms with E-state index in [4.69, 9.17) is 12.2 Å². The molecule has 0 unspecified atom stereocenters. The molecule has 8 heteroatoms. The van der Waals surface area contributed by atoms with Crippen molar-refractivity contribution in [1.29, 1.82) is 0 Å². The standard InChI is InChI=1S/C19H21N3O2S3/c1-15-6-8-16(9-7-15)27(23,24)21-12-10-20(11-13-21)14-22-17-4-2-3-5-18(17)26-19(22)25/h2-9H,10-14H2,1H3. The second-order valence-electron chi connectivity index (χ2n) is 6.74. The number of piperazine rings is 1. The van der Waals surface area contributed by atoms with Crippen LogP contribution in [-0.4, -0.2) is 48.4 Å². The van der Waals surface area contributed by atoms with Crippen molar-refractivity contribution in [2.75, 3.05) is 26.2 Å².